The number of hydrogen-bond acceptors (Lipinski definition) is 3. The summed E-state index contributed by atoms with van der Waals surface area (Å²) in [5, 5.41) is 4.62. The van der Waals surface area contributed by atoms with Gasteiger partial charge in [0.15, 0.2) is 5.82 Å². The van der Waals surface area contributed by atoms with Crippen LogP contribution < -0.4 is 0 Å². The molecule has 0 aliphatic carbocycles. The maximum atomic E-state index is 5.27. The summed E-state index contributed by atoms with van der Waals surface area (Å²) in [6.45, 7) is 0. The summed E-state index contributed by atoms with van der Waals surface area (Å²) in [6, 6.07) is 70.4. The van der Waals surface area contributed by atoms with Crippen molar-refractivity contribution in [3.05, 3.63) is 200 Å². The van der Waals surface area contributed by atoms with E-state index in [4.69, 9.17) is 15.0 Å². The van der Waals surface area contributed by atoms with Crippen LogP contribution in [0.25, 0.3) is 100 Å². The molecular formula is C51H33N5. The van der Waals surface area contributed by atoms with Gasteiger partial charge in [-0.15, -0.1) is 0 Å². The maximum absolute atomic E-state index is 5.27. The van der Waals surface area contributed by atoms with Gasteiger partial charge in [-0.05, 0) is 57.6 Å². The molecule has 0 fully saturated rings. The van der Waals surface area contributed by atoms with Crippen molar-refractivity contribution < 1.29 is 0 Å². The first-order valence-electron chi connectivity index (χ1n) is 18.9. The van der Waals surface area contributed by atoms with Gasteiger partial charge in [0.2, 0.25) is 11.9 Å². The van der Waals surface area contributed by atoms with Gasteiger partial charge in [-0.25, -0.2) is 0 Å². The van der Waals surface area contributed by atoms with Crippen LogP contribution in [0, 0.1) is 0 Å². The lowest BCUT2D eigenvalue weighted by molar-refractivity contribution is 0.893. The topological polar surface area (TPSA) is 48.5 Å². The third-order valence-electron chi connectivity index (χ3n) is 10.9. The molecule has 56 heavy (non-hydrogen) atoms. The predicted molar refractivity (Wildman–Crippen MR) is 230 cm³/mol. The molecule has 11 aromatic rings. The molecule has 0 saturated heterocycles. The molecule has 0 bridgehead atoms. The van der Waals surface area contributed by atoms with E-state index in [0.29, 0.717) is 17.7 Å². The highest BCUT2D eigenvalue weighted by Gasteiger charge is 2.20. The van der Waals surface area contributed by atoms with E-state index in [1.807, 2.05) is 6.07 Å². The van der Waals surface area contributed by atoms with E-state index >= 15 is 0 Å². The fourth-order valence-electron chi connectivity index (χ4n) is 8.11. The molecule has 0 N–H and O–H groups in total. The zero-order chi connectivity index (χ0) is 37.0. The van der Waals surface area contributed by atoms with E-state index in [-0.39, 0.29) is 0 Å². The summed E-state index contributed by atoms with van der Waals surface area (Å²) in [7, 11) is 0. The average Bonchev–Trinajstić information content (AvgIpc) is 3.80. The second kappa shape index (κ2) is 13.0. The van der Waals surface area contributed by atoms with E-state index in [1.165, 1.54) is 22.3 Å². The first kappa shape index (κ1) is 31.9. The molecular weight excluding hydrogens is 683 g/mol. The molecule has 0 aliphatic heterocycles. The highest BCUT2D eigenvalue weighted by molar-refractivity contribution is 6.10. The molecule has 3 heterocycles. The molecule has 5 heteroatoms. The molecule has 3 aromatic heterocycles. The molecule has 0 unspecified atom stereocenters. The van der Waals surface area contributed by atoms with Crippen molar-refractivity contribution in [3.63, 3.8) is 0 Å². The minimum atomic E-state index is 0.570. The van der Waals surface area contributed by atoms with Crippen molar-refractivity contribution in [2.24, 2.45) is 0 Å². The van der Waals surface area contributed by atoms with Gasteiger partial charge in [0.25, 0.3) is 0 Å². The second-order valence-corrected chi connectivity index (χ2v) is 14.1. The highest BCUT2D eigenvalue weighted by atomic mass is 15.3. The summed E-state index contributed by atoms with van der Waals surface area (Å²) in [5.41, 5.74) is 12.2. The highest BCUT2D eigenvalue weighted by Crippen LogP contribution is 2.35. The zero-order valence-corrected chi connectivity index (χ0v) is 30.3. The van der Waals surface area contributed by atoms with Crippen LogP contribution in [-0.4, -0.2) is 24.1 Å². The van der Waals surface area contributed by atoms with Crippen LogP contribution >= 0.6 is 0 Å². The molecule has 8 aromatic carbocycles. The van der Waals surface area contributed by atoms with Crippen LogP contribution in [-0.2, 0) is 0 Å². The first-order valence-corrected chi connectivity index (χ1v) is 18.9. The standard InChI is InChI=1S/C51H33N5/c1-2-12-34(13-3-1)35-22-24-36(25-23-35)37-26-28-38(29-27-37)39-30-32-40(33-31-39)49-52-50(55-45-18-8-4-14-41(45)42-15-5-9-19-46(42)55)54-51(53-49)56-47-20-10-6-16-43(47)44-17-7-11-21-48(44)56/h1-33H. The lowest BCUT2D eigenvalue weighted by Crippen LogP contribution is -2.10. The summed E-state index contributed by atoms with van der Waals surface area (Å²) in [6.07, 6.45) is 0. The van der Waals surface area contributed by atoms with Gasteiger partial charge in [0, 0.05) is 27.1 Å². The van der Waals surface area contributed by atoms with Crippen LogP contribution in [0.4, 0.5) is 0 Å². The largest absolute Gasteiger partial charge is 0.278 e. The first-order chi connectivity index (χ1) is 27.8. The SMILES string of the molecule is c1ccc(-c2ccc(-c3ccc(-c4ccc(-c5nc(-n6c7ccccc7c7ccccc76)nc(-n6c7ccccc7c7ccccc76)n5)cc4)cc3)cc2)cc1. The Hall–Kier alpha value is -7.63. The lowest BCUT2D eigenvalue weighted by Gasteiger charge is -2.13. The van der Waals surface area contributed by atoms with Gasteiger partial charge in [0.1, 0.15) is 0 Å². The monoisotopic (exact) mass is 715 g/mol. The molecule has 0 saturated carbocycles. The maximum Gasteiger partial charge on any atom is 0.240 e. The average molecular weight is 716 g/mol. The minimum Gasteiger partial charge on any atom is -0.278 e. The van der Waals surface area contributed by atoms with Crippen LogP contribution in [0.3, 0.4) is 0 Å². The Kier molecular flexibility index (Phi) is 7.42. The minimum absolute atomic E-state index is 0.570. The fraction of sp³-hybridized carbons (Fsp3) is 0. The van der Waals surface area contributed by atoms with Crippen molar-refractivity contribution in [2.75, 3.05) is 0 Å². The van der Waals surface area contributed by atoms with Crippen molar-refractivity contribution in [1.82, 2.24) is 24.1 Å². The number of fused-ring (bicyclic) bond motifs is 6. The Balaban J connectivity index is 1.01. The third kappa shape index (κ3) is 5.29. The van der Waals surface area contributed by atoms with E-state index in [1.54, 1.807) is 0 Å². The normalized spacial score (nSPS) is 11.6. The number of benzene rings is 8. The fourth-order valence-corrected chi connectivity index (χ4v) is 8.11. The van der Waals surface area contributed by atoms with Gasteiger partial charge < -0.3 is 0 Å². The van der Waals surface area contributed by atoms with Gasteiger partial charge in [-0.1, -0.05) is 176 Å². The summed E-state index contributed by atoms with van der Waals surface area (Å²) >= 11 is 0. The van der Waals surface area contributed by atoms with E-state index in [2.05, 4.69) is 203 Å². The lowest BCUT2D eigenvalue weighted by atomic mass is 9.98. The smallest absolute Gasteiger partial charge is 0.240 e. The number of rotatable bonds is 6. The van der Waals surface area contributed by atoms with Gasteiger partial charge >= 0.3 is 0 Å². The van der Waals surface area contributed by atoms with Gasteiger partial charge in [-0.3, -0.25) is 9.13 Å². The second-order valence-electron chi connectivity index (χ2n) is 14.1. The van der Waals surface area contributed by atoms with Gasteiger partial charge in [0.05, 0.1) is 22.1 Å². The van der Waals surface area contributed by atoms with E-state index in [9.17, 15) is 0 Å². The summed E-state index contributed by atoms with van der Waals surface area (Å²) < 4.78 is 4.33. The Morgan fingerprint density at radius 3 is 0.839 bits per heavy atom. The Labute approximate surface area is 323 Å². The molecule has 0 spiro atoms. The Morgan fingerprint density at radius 1 is 0.232 bits per heavy atom. The molecule has 11 rings (SSSR count). The molecule has 0 amide bonds. The third-order valence-corrected chi connectivity index (χ3v) is 10.9. The molecule has 0 radical (unpaired) electrons. The molecule has 5 nitrogen and oxygen atoms in total. The van der Waals surface area contributed by atoms with Crippen LogP contribution in [0.5, 0.6) is 0 Å². The van der Waals surface area contributed by atoms with E-state index < -0.39 is 0 Å². The predicted octanol–water partition coefficient (Wildman–Crippen LogP) is 12.7. The van der Waals surface area contributed by atoms with Crippen molar-refractivity contribution in [1.29, 1.82) is 0 Å². The zero-order valence-electron chi connectivity index (χ0n) is 30.3. The van der Waals surface area contributed by atoms with Crippen LogP contribution in [0.1, 0.15) is 0 Å². The number of para-hydroxylation sites is 4. The van der Waals surface area contributed by atoms with Crippen molar-refractivity contribution in [2.45, 2.75) is 0 Å². The van der Waals surface area contributed by atoms with E-state index in [0.717, 1.165) is 60.3 Å². The van der Waals surface area contributed by atoms with Crippen LogP contribution in [0.15, 0.2) is 200 Å². The Morgan fingerprint density at radius 2 is 0.500 bits per heavy atom. The number of aromatic nitrogens is 5. The number of nitrogens with zero attached hydrogens (tertiary/aromatic N) is 5. The number of hydrogen-bond donors (Lipinski definition) is 0. The Bertz CT molecular complexity index is 2970. The molecule has 262 valence electrons. The van der Waals surface area contributed by atoms with Crippen molar-refractivity contribution in [3.8, 4) is 56.7 Å². The molecule has 0 aliphatic rings. The quantitative estimate of drug-likeness (QED) is 0.172. The summed E-state index contributed by atoms with van der Waals surface area (Å²) in [4.78, 5) is 15.7. The van der Waals surface area contributed by atoms with Crippen molar-refractivity contribution >= 4 is 43.6 Å². The van der Waals surface area contributed by atoms with Gasteiger partial charge in [-0.2, -0.15) is 15.0 Å². The van der Waals surface area contributed by atoms with Crippen LogP contribution in [0.2, 0.25) is 0 Å². The molecule has 0 atom stereocenters. The summed E-state index contributed by atoms with van der Waals surface area (Å²) in [5.74, 6) is 1.75.